The average molecular weight is 833 g/mol. The Kier molecular flexibility index (Phi) is 16.6. The number of piperidine rings is 1. The molecule has 4 rings (SSSR count). The quantitative estimate of drug-likeness (QED) is 0.0949. The molecule has 1 N–H and O–H groups in total. The number of nitrogens with one attached hydrogen (secondary N) is 1. The number of Topliss-reactive ketones (excluding diaryl/α,β-unsaturated/α-hetero) is 1. The molecule has 1 fully saturated rings. The third kappa shape index (κ3) is 13.7. The SMILES string of the molecule is CCCC[Si](C)(C)O[C@H](C[C@H](Cc1ccc(S(=O)(=O)c2ccccc2)cc1)C(=O)N[C@H](C(=O)N1CCC(=O)CC1)C(C)C)[C@H](Cc1ccccc1)C(=O)OC(C)(C)C. The van der Waals surface area contributed by atoms with E-state index in [0.29, 0.717) is 25.1 Å². The van der Waals surface area contributed by atoms with Crippen molar-refractivity contribution in [3.8, 4) is 0 Å². The molecular formula is C46H64N2O8SSi. The monoisotopic (exact) mass is 832 g/mol. The van der Waals surface area contributed by atoms with Crippen molar-refractivity contribution in [2.75, 3.05) is 13.1 Å². The van der Waals surface area contributed by atoms with Gasteiger partial charge in [0.1, 0.15) is 17.4 Å². The molecule has 3 aromatic rings. The van der Waals surface area contributed by atoms with Crippen molar-refractivity contribution in [3.63, 3.8) is 0 Å². The van der Waals surface area contributed by atoms with Crippen molar-refractivity contribution in [3.05, 3.63) is 96.1 Å². The number of amides is 2. The molecule has 58 heavy (non-hydrogen) atoms. The molecule has 1 saturated heterocycles. The molecule has 3 aromatic carbocycles. The predicted octanol–water partition coefficient (Wildman–Crippen LogP) is 7.99. The van der Waals surface area contributed by atoms with Gasteiger partial charge < -0.3 is 19.4 Å². The molecule has 0 aliphatic carbocycles. The Labute approximate surface area is 347 Å². The third-order valence-corrected chi connectivity index (χ3v) is 14.9. The van der Waals surface area contributed by atoms with E-state index in [1.807, 2.05) is 65.0 Å². The summed E-state index contributed by atoms with van der Waals surface area (Å²) in [5.74, 6) is -2.69. The Bertz CT molecular complexity index is 1920. The normalized spacial score (nSPS) is 16.0. The summed E-state index contributed by atoms with van der Waals surface area (Å²) in [5.41, 5.74) is 0.878. The van der Waals surface area contributed by atoms with Crippen molar-refractivity contribution in [2.24, 2.45) is 17.8 Å². The molecule has 0 bridgehead atoms. The van der Waals surface area contributed by atoms with Crippen LogP contribution in [0, 0.1) is 17.8 Å². The first-order chi connectivity index (χ1) is 27.3. The number of hydrogen-bond donors (Lipinski definition) is 1. The van der Waals surface area contributed by atoms with Gasteiger partial charge >= 0.3 is 5.97 Å². The molecule has 12 heteroatoms. The van der Waals surface area contributed by atoms with Crippen LogP contribution in [0.1, 0.15) is 84.8 Å². The van der Waals surface area contributed by atoms with Crippen LogP contribution < -0.4 is 5.32 Å². The first-order valence-electron chi connectivity index (χ1n) is 20.7. The number of unbranched alkanes of at least 4 members (excludes halogenated alkanes) is 1. The van der Waals surface area contributed by atoms with Gasteiger partial charge in [-0.15, -0.1) is 0 Å². The largest absolute Gasteiger partial charge is 0.460 e. The highest BCUT2D eigenvalue weighted by Gasteiger charge is 2.41. The van der Waals surface area contributed by atoms with Gasteiger partial charge in [-0.1, -0.05) is 94.3 Å². The van der Waals surface area contributed by atoms with Crippen LogP contribution >= 0.6 is 0 Å². The standard InChI is InChI=1S/C46H64N2O8SSi/c1-9-10-29-58(7,8)56-41(40(45(52)55-46(4,5)6)31-34-17-13-11-14-18-34)32-36(43(50)47-42(33(2)3)44(51)48-27-25-37(49)26-28-48)30-35-21-23-39(24-22-35)57(53,54)38-19-15-12-16-20-38/h11-24,33,36,40-42H,9-10,25-32H2,1-8H3,(H,47,50)/t36-,40-,41+,42-/m0/s1. The van der Waals surface area contributed by atoms with Crippen LogP contribution in [0.5, 0.6) is 0 Å². The topological polar surface area (TPSA) is 136 Å². The van der Waals surface area contributed by atoms with E-state index in [1.54, 1.807) is 59.5 Å². The van der Waals surface area contributed by atoms with Crippen molar-refractivity contribution in [2.45, 2.75) is 133 Å². The van der Waals surface area contributed by atoms with Crippen molar-refractivity contribution >= 4 is 41.7 Å². The molecule has 0 saturated carbocycles. The van der Waals surface area contributed by atoms with Gasteiger partial charge in [0.2, 0.25) is 21.7 Å². The molecule has 316 valence electrons. The van der Waals surface area contributed by atoms with Gasteiger partial charge in [0.25, 0.3) is 0 Å². The van der Waals surface area contributed by atoms with Crippen molar-refractivity contribution < 1.29 is 36.8 Å². The second-order valence-electron chi connectivity index (χ2n) is 17.5. The minimum absolute atomic E-state index is 0.114. The fourth-order valence-electron chi connectivity index (χ4n) is 7.32. The fourth-order valence-corrected chi connectivity index (χ4v) is 11.0. The minimum atomic E-state index is -3.77. The van der Waals surface area contributed by atoms with Gasteiger partial charge in [-0.3, -0.25) is 19.2 Å². The maximum absolute atomic E-state index is 14.8. The molecule has 0 spiro atoms. The minimum Gasteiger partial charge on any atom is -0.460 e. The molecule has 2 amide bonds. The van der Waals surface area contributed by atoms with E-state index in [2.05, 4.69) is 25.3 Å². The van der Waals surface area contributed by atoms with E-state index < -0.39 is 53.7 Å². The molecule has 1 aliphatic heterocycles. The van der Waals surface area contributed by atoms with Gasteiger partial charge in [-0.25, -0.2) is 8.42 Å². The molecule has 1 aliphatic rings. The molecule has 10 nitrogen and oxygen atoms in total. The Morgan fingerprint density at radius 1 is 0.828 bits per heavy atom. The summed E-state index contributed by atoms with van der Waals surface area (Å²) in [6, 6.07) is 24.5. The number of rotatable bonds is 19. The zero-order valence-electron chi connectivity index (χ0n) is 35.7. The Hall–Kier alpha value is -4.13. The zero-order chi connectivity index (χ0) is 42.7. The Morgan fingerprint density at radius 2 is 1.38 bits per heavy atom. The van der Waals surface area contributed by atoms with Crippen LogP contribution in [-0.4, -0.2) is 76.0 Å². The van der Waals surface area contributed by atoms with Crippen LogP contribution in [0.25, 0.3) is 0 Å². The number of nitrogens with zero attached hydrogens (tertiary/aromatic N) is 1. The lowest BCUT2D eigenvalue weighted by molar-refractivity contribution is -0.164. The number of carbonyl (C=O) groups excluding carboxylic acids is 4. The lowest BCUT2D eigenvalue weighted by atomic mass is 9.85. The van der Waals surface area contributed by atoms with Gasteiger partial charge in [-0.05, 0) is 100 Å². The van der Waals surface area contributed by atoms with Crippen LogP contribution in [-0.2, 0) is 51.0 Å². The van der Waals surface area contributed by atoms with Crippen LogP contribution in [0.3, 0.4) is 0 Å². The van der Waals surface area contributed by atoms with Crippen LogP contribution in [0.15, 0.2) is 94.7 Å². The van der Waals surface area contributed by atoms with E-state index in [-0.39, 0.29) is 59.0 Å². The van der Waals surface area contributed by atoms with E-state index in [9.17, 15) is 27.6 Å². The maximum atomic E-state index is 14.8. The molecule has 0 aromatic heterocycles. The first-order valence-corrected chi connectivity index (χ1v) is 25.3. The van der Waals surface area contributed by atoms with Crippen LogP contribution in [0.2, 0.25) is 19.1 Å². The summed E-state index contributed by atoms with van der Waals surface area (Å²) >= 11 is 0. The van der Waals surface area contributed by atoms with E-state index >= 15 is 0 Å². The lowest BCUT2D eigenvalue weighted by Gasteiger charge is -2.37. The summed E-state index contributed by atoms with van der Waals surface area (Å²) in [5, 5.41) is 3.09. The highest BCUT2D eigenvalue weighted by Crippen LogP contribution is 2.32. The third-order valence-electron chi connectivity index (χ3n) is 10.6. The smallest absolute Gasteiger partial charge is 0.312 e. The number of ketones is 1. The van der Waals surface area contributed by atoms with Gasteiger partial charge in [-0.2, -0.15) is 0 Å². The van der Waals surface area contributed by atoms with Crippen molar-refractivity contribution in [1.29, 1.82) is 0 Å². The number of carbonyl (C=O) groups is 4. The molecule has 4 atom stereocenters. The van der Waals surface area contributed by atoms with Gasteiger partial charge in [0.15, 0.2) is 8.32 Å². The highest BCUT2D eigenvalue weighted by molar-refractivity contribution is 7.91. The second-order valence-corrected chi connectivity index (χ2v) is 23.7. The lowest BCUT2D eigenvalue weighted by Crippen LogP contribution is -2.54. The molecular weight excluding hydrogens is 769 g/mol. The average Bonchev–Trinajstić information content (AvgIpc) is 3.17. The summed E-state index contributed by atoms with van der Waals surface area (Å²) in [7, 11) is -6.19. The molecule has 1 heterocycles. The predicted molar refractivity (Wildman–Crippen MR) is 229 cm³/mol. The Balaban J connectivity index is 1.77. The van der Waals surface area contributed by atoms with E-state index in [4.69, 9.17) is 9.16 Å². The molecule has 0 radical (unpaired) electrons. The first kappa shape index (κ1) is 46.6. The maximum Gasteiger partial charge on any atom is 0.312 e. The molecule has 0 unspecified atom stereocenters. The summed E-state index contributed by atoms with van der Waals surface area (Å²) in [4.78, 5) is 57.0. The number of ether oxygens (including phenoxy) is 1. The number of hydrogen-bond acceptors (Lipinski definition) is 8. The number of esters is 1. The van der Waals surface area contributed by atoms with Gasteiger partial charge in [0, 0.05) is 31.8 Å². The number of likely N-dealkylation sites (tertiary alicyclic amines) is 1. The Morgan fingerprint density at radius 3 is 1.93 bits per heavy atom. The second kappa shape index (κ2) is 20.7. The zero-order valence-corrected chi connectivity index (χ0v) is 37.5. The number of benzene rings is 3. The fraction of sp³-hybridized carbons (Fsp3) is 0.522. The van der Waals surface area contributed by atoms with E-state index in [0.717, 1.165) is 24.4 Å². The number of sulfone groups is 1. The summed E-state index contributed by atoms with van der Waals surface area (Å²) in [6.07, 6.45) is 2.47. The summed E-state index contributed by atoms with van der Waals surface area (Å²) in [6.45, 7) is 16.3. The van der Waals surface area contributed by atoms with Crippen LogP contribution in [0.4, 0.5) is 0 Å². The van der Waals surface area contributed by atoms with Gasteiger partial charge in [0.05, 0.1) is 21.8 Å². The highest BCUT2D eigenvalue weighted by atomic mass is 32.2. The summed E-state index contributed by atoms with van der Waals surface area (Å²) < 4.78 is 40.1. The van der Waals surface area contributed by atoms with Crippen molar-refractivity contribution in [1.82, 2.24) is 10.2 Å². The van der Waals surface area contributed by atoms with E-state index in [1.165, 1.54) is 0 Å².